The van der Waals surface area contributed by atoms with Crippen LogP contribution in [0.2, 0.25) is 0 Å². The summed E-state index contributed by atoms with van der Waals surface area (Å²) in [4.78, 5) is 0. The summed E-state index contributed by atoms with van der Waals surface area (Å²) in [6, 6.07) is 2.38. The summed E-state index contributed by atoms with van der Waals surface area (Å²) in [5.41, 5.74) is 3.31. The molecule has 0 radical (unpaired) electrons. The zero-order valence-electron chi connectivity index (χ0n) is 13.5. The van der Waals surface area contributed by atoms with E-state index < -0.39 is 0 Å². The van der Waals surface area contributed by atoms with Crippen molar-refractivity contribution in [3.63, 3.8) is 0 Å². The Bertz CT molecular complexity index is 375. The summed E-state index contributed by atoms with van der Waals surface area (Å²) >= 11 is 0. The van der Waals surface area contributed by atoms with Gasteiger partial charge in [-0.25, -0.2) is 0 Å². The van der Waals surface area contributed by atoms with Crippen molar-refractivity contribution in [2.75, 3.05) is 18.5 Å². The minimum atomic E-state index is 0.289. The molecule has 1 aliphatic rings. The molecule has 1 nitrogen and oxygen atoms in total. The Morgan fingerprint density at radius 3 is 2.40 bits per heavy atom. The molecule has 0 spiro atoms. The Kier molecular flexibility index (Phi) is 7.14. The van der Waals surface area contributed by atoms with Crippen LogP contribution in [-0.2, 0) is 19.4 Å². The molecule has 1 aromatic rings. The fourth-order valence-electron chi connectivity index (χ4n) is 3.25. The molecule has 2 heteroatoms. The molecule has 0 saturated carbocycles. The number of nitrogens with zero attached hydrogens (tertiary/aromatic N) is 1. The van der Waals surface area contributed by atoms with Gasteiger partial charge in [-0.15, -0.1) is 7.92 Å². The van der Waals surface area contributed by atoms with E-state index in [1.807, 2.05) is 0 Å². The average molecular weight is 293 g/mol. The first-order valence-corrected chi connectivity index (χ1v) is 10.6. The topological polar surface area (TPSA) is 4.93 Å². The molecule has 0 aliphatic heterocycles. The Morgan fingerprint density at radius 1 is 1.00 bits per heavy atom. The number of hydrogen-bond donors (Lipinski definition) is 0. The summed E-state index contributed by atoms with van der Waals surface area (Å²) in [6.45, 7) is 5.94. The fourth-order valence-corrected chi connectivity index (χ4v) is 5.94. The van der Waals surface area contributed by atoms with E-state index in [0.29, 0.717) is 0 Å². The van der Waals surface area contributed by atoms with Gasteiger partial charge in [-0.3, -0.25) is 0 Å². The van der Waals surface area contributed by atoms with Gasteiger partial charge in [-0.05, 0) is 68.6 Å². The quantitative estimate of drug-likeness (QED) is 0.534. The minimum Gasteiger partial charge on any atom is -0.351 e. The number of rotatable bonds is 9. The Balaban J connectivity index is 1.86. The Hall–Kier alpha value is -0.290. The van der Waals surface area contributed by atoms with E-state index >= 15 is 0 Å². The van der Waals surface area contributed by atoms with Crippen LogP contribution >= 0.6 is 7.92 Å². The SMILES string of the molecule is CCCCP(CCCC)CCn1ccc2c1CCCC2. The van der Waals surface area contributed by atoms with E-state index in [9.17, 15) is 0 Å². The molecule has 0 amide bonds. The number of aryl methyl sites for hydroxylation is 2. The predicted octanol–water partition coefficient (Wildman–Crippen LogP) is 5.45. The third-order valence-electron chi connectivity index (χ3n) is 4.60. The second-order valence-corrected chi connectivity index (χ2v) is 8.92. The van der Waals surface area contributed by atoms with E-state index in [-0.39, 0.29) is 7.92 Å². The molecular formula is C18H32NP. The molecule has 0 fully saturated rings. The summed E-state index contributed by atoms with van der Waals surface area (Å²) < 4.78 is 2.59. The first-order valence-electron chi connectivity index (χ1n) is 8.74. The lowest BCUT2D eigenvalue weighted by Gasteiger charge is -2.20. The van der Waals surface area contributed by atoms with Crippen molar-refractivity contribution in [1.29, 1.82) is 0 Å². The van der Waals surface area contributed by atoms with Crippen LogP contribution in [0.15, 0.2) is 12.3 Å². The lowest BCUT2D eigenvalue weighted by molar-refractivity contribution is 0.623. The van der Waals surface area contributed by atoms with Crippen molar-refractivity contribution < 1.29 is 0 Å². The maximum atomic E-state index is 2.59. The van der Waals surface area contributed by atoms with Crippen LogP contribution in [0.25, 0.3) is 0 Å². The first-order chi connectivity index (χ1) is 9.85. The monoisotopic (exact) mass is 293 g/mol. The molecule has 0 unspecified atom stereocenters. The Morgan fingerprint density at radius 2 is 1.70 bits per heavy atom. The van der Waals surface area contributed by atoms with Gasteiger partial charge in [-0.2, -0.15) is 0 Å². The molecule has 0 aromatic carbocycles. The molecule has 0 bridgehead atoms. The highest BCUT2D eigenvalue weighted by molar-refractivity contribution is 7.57. The maximum Gasteiger partial charge on any atom is 0.0261 e. The van der Waals surface area contributed by atoms with Gasteiger partial charge in [0.2, 0.25) is 0 Å². The van der Waals surface area contributed by atoms with E-state index in [0.717, 1.165) is 0 Å². The third kappa shape index (κ3) is 4.62. The van der Waals surface area contributed by atoms with Crippen LogP contribution in [-0.4, -0.2) is 23.1 Å². The molecule has 1 heterocycles. The largest absolute Gasteiger partial charge is 0.351 e. The highest BCUT2D eigenvalue weighted by atomic mass is 31.1. The van der Waals surface area contributed by atoms with Crippen LogP contribution in [0.3, 0.4) is 0 Å². The van der Waals surface area contributed by atoms with Crippen LogP contribution in [0.4, 0.5) is 0 Å². The summed E-state index contributed by atoms with van der Waals surface area (Å²) in [7, 11) is 0.289. The first kappa shape index (κ1) is 16.1. The van der Waals surface area contributed by atoms with Gasteiger partial charge in [0.15, 0.2) is 0 Å². The van der Waals surface area contributed by atoms with Crippen molar-refractivity contribution in [1.82, 2.24) is 4.57 Å². The number of fused-ring (bicyclic) bond motifs is 1. The van der Waals surface area contributed by atoms with E-state index in [2.05, 4.69) is 30.7 Å². The molecule has 0 N–H and O–H groups in total. The zero-order valence-corrected chi connectivity index (χ0v) is 14.4. The lowest BCUT2D eigenvalue weighted by Crippen LogP contribution is -2.10. The lowest BCUT2D eigenvalue weighted by atomic mass is 9.98. The van der Waals surface area contributed by atoms with Crippen LogP contribution in [0, 0.1) is 0 Å². The molecule has 0 saturated heterocycles. The Labute approximate surface area is 126 Å². The highest BCUT2D eigenvalue weighted by Gasteiger charge is 2.14. The molecule has 0 atom stereocenters. The van der Waals surface area contributed by atoms with Gasteiger partial charge in [0.1, 0.15) is 0 Å². The van der Waals surface area contributed by atoms with E-state index in [1.54, 1.807) is 11.3 Å². The number of hydrogen-bond acceptors (Lipinski definition) is 0. The highest BCUT2D eigenvalue weighted by Crippen LogP contribution is 2.38. The predicted molar refractivity (Wildman–Crippen MR) is 92.4 cm³/mol. The second-order valence-electron chi connectivity index (χ2n) is 6.24. The third-order valence-corrected chi connectivity index (χ3v) is 7.33. The van der Waals surface area contributed by atoms with Gasteiger partial charge in [0.05, 0.1) is 0 Å². The fraction of sp³-hybridized carbons (Fsp3) is 0.778. The van der Waals surface area contributed by atoms with E-state index in [1.165, 1.54) is 76.4 Å². The van der Waals surface area contributed by atoms with Crippen molar-refractivity contribution >= 4 is 7.92 Å². The molecule has 114 valence electrons. The standard InChI is InChI=1S/C18H32NP/c1-3-5-14-20(15-6-4-2)16-13-19-12-11-17-9-7-8-10-18(17)19/h11-12H,3-10,13-16H2,1-2H3. The summed E-state index contributed by atoms with van der Waals surface area (Å²) in [6.07, 6.45) is 17.9. The molecule has 1 aromatic heterocycles. The normalized spacial score (nSPS) is 14.8. The van der Waals surface area contributed by atoms with Gasteiger partial charge in [0.25, 0.3) is 0 Å². The average Bonchev–Trinajstić information content (AvgIpc) is 2.90. The number of unbranched alkanes of at least 4 members (excludes halogenated alkanes) is 2. The second kappa shape index (κ2) is 8.88. The van der Waals surface area contributed by atoms with Crippen molar-refractivity contribution in [3.8, 4) is 0 Å². The van der Waals surface area contributed by atoms with Gasteiger partial charge in [-0.1, -0.05) is 26.7 Å². The molecular weight excluding hydrogens is 261 g/mol. The minimum absolute atomic E-state index is 0.289. The van der Waals surface area contributed by atoms with Crippen molar-refractivity contribution in [2.24, 2.45) is 0 Å². The van der Waals surface area contributed by atoms with Crippen LogP contribution < -0.4 is 0 Å². The van der Waals surface area contributed by atoms with Crippen molar-refractivity contribution in [3.05, 3.63) is 23.5 Å². The number of aromatic nitrogens is 1. The molecule has 2 rings (SSSR count). The maximum absolute atomic E-state index is 2.59. The summed E-state index contributed by atoms with van der Waals surface area (Å²) in [5.74, 6) is 0. The van der Waals surface area contributed by atoms with Crippen molar-refractivity contribution in [2.45, 2.75) is 71.8 Å². The van der Waals surface area contributed by atoms with Gasteiger partial charge in [0, 0.05) is 18.4 Å². The molecule has 1 aliphatic carbocycles. The van der Waals surface area contributed by atoms with Crippen LogP contribution in [0.1, 0.15) is 63.6 Å². The molecule has 20 heavy (non-hydrogen) atoms. The van der Waals surface area contributed by atoms with Gasteiger partial charge < -0.3 is 4.57 Å². The van der Waals surface area contributed by atoms with Gasteiger partial charge >= 0.3 is 0 Å². The van der Waals surface area contributed by atoms with E-state index in [4.69, 9.17) is 0 Å². The van der Waals surface area contributed by atoms with Crippen LogP contribution in [0.5, 0.6) is 0 Å². The smallest absolute Gasteiger partial charge is 0.0261 e. The summed E-state index contributed by atoms with van der Waals surface area (Å²) in [5, 5.41) is 0. The zero-order chi connectivity index (χ0) is 14.2.